The van der Waals surface area contributed by atoms with E-state index in [0.29, 0.717) is 4.90 Å². The maximum absolute atomic E-state index is 13.4. The summed E-state index contributed by atoms with van der Waals surface area (Å²) < 4.78 is 45.7. The average Bonchev–Trinajstić information content (AvgIpc) is 3.59. The number of alkyl carbamates (subject to hydrolysis) is 1. The number of carbonyl (C=O) groups excluding carboxylic acids is 4. The van der Waals surface area contributed by atoms with Crippen LogP contribution in [0.1, 0.15) is 66.8 Å². The number of amides is 4. The number of guanidine groups is 1. The molecule has 3 heterocycles. The fourth-order valence-corrected chi connectivity index (χ4v) is 5.44. The van der Waals surface area contributed by atoms with Crippen molar-refractivity contribution in [3.63, 3.8) is 0 Å². The first kappa shape index (κ1) is 41.0. The molecule has 1 aliphatic rings. The number of aromatic nitrogens is 4. The number of carboxylic acid groups (broad SMARTS) is 1. The highest BCUT2D eigenvalue weighted by atomic mass is 32.2. The Morgan fingerprint density at radius 1 is 1.12 bits per heavy atom. The van der Waals surface area contributed by atoms with E-state index in [9.17, 15) is 42.0 Å². The number of anilines is 1. The Bertz CT molecular complexity index is 1880. The summed E-state index contributed by atoms with van der Waals surface area (Å²) in [5.74, 6) is -4.56. The summed E-state index contributed by atoms with van der Waals surface area (Å²) in [7, 11) is -5.16. The predicted octanol–water partition coefficient (Wildman–Crippen LogP) is 0.296. The van der Waals surface area contributed by atoms with Crippen molar-refractivity contribution in [1.82, 2.24) is 39.8 Å². The largest absolute Gasteiger partial charge is 0.478 e. The molecular formula is C27H39N11O12S2. The number of aliphatic carboxylic acids is 1. The van der Waals surface area contributed by atoms with Crippen molar-refractivity contribution in [3.8, 4) is 0 Å². The Hall–Kier alpha value is -5.43. The van der Waals surface area contributed by atoms with Crippen molar-refractivity contribution in [1.29, 1.82) is 5.41 Å². The highest BCUT2D eigenvalue weighted by Crippen LogP contribution is 2.26. The van der Waals surface area contributed by atoms with Gasteiger partial charge in [0, 0.05) is 5.38 Å². The second-order valence-corrected chi connectivity index (χ2v) is 15.7. The van der Waals surface area contributed by atoms with Gasteiger partial charge >= 0.3 is 28.5 Å². The smallest absolute Gasteiger partial charge is 0.417 e. The van der Waals surface area contributed by atoms with Crippen LogP contribution in [0.5, 0.6) is 0 Å². The first-order valence-corrected chi connectivity index (χ1v) is 17.3. The molecule has 1 aliphatic heterocycles. The van der Waals surface area contributed by atoms with Crippen LogP contribution in [0.15, 0.2) is 16.7 Å². The molecule has 3 rings (SSSR count). The number of nitrogen functional groups attached to an aromatic ring is 1. The fraction of sp³-hybridized carbons (Fsp3) is 0.556. The van der Waals surface area contributed by atoms with Gasteiger partial charge in [-0.2, -0.15) is 8.42 Å². The Labute approximate surface area is 300 Å². The monoisotopic (exact) mass is 773 g/mol. The summed E-state index contributed by atoms with van der Waals surface area (Å²) in [5, 5.41) is 34.8. The third kappa shape index (κ3) is 10.8. The number of ether oxygens (including phenoxy) is 2. The molecule has 0 spiro atoms. The lowest BCUT2D eigenvalue weighted by atomic mass is 9.98. The zero-order valence-electron chi connectivity index (χ0n) is 29.2. The van der Waals surface area contributed by atoms with Gasteiger partial charge in [0.05, 0.1) is 25.3 Å². The minimum absolute atomic E-state index is 0.00567. The number of carbonyl (C=O) groups is 5. The number of nitrogens with one attached hydrogen (secondary N) is 3. The maximum Gasteiger partial charge on any atom is 0.417 e. The van der Waals surface area contributed by atoms with Gasteiger partial charge in [-0.15, -0.1) is 16.4 Å². The molecule has 0 saturated carbocycles. The zero-order valence-corrected chi connectivity index (χ0v) is 30.9. The SMILES string of the molecule is CC(C)(C)OC(=O)NC(=N)N(Cc1cn(C[C@H]2[C@H](NC(=O)C(=NOC(C)(C)C(=O)O)c3csc(N)n3)C(=O)N2S(=O)(=O)O)nn1)C(=O)OC(C)(C)C. The molecule has 52 heavy (non-hydrogen) atoms. The van der Waals surface area contributed by atoms with Crippen molar-refractivity contribution in [2.45, 2.75) is 97.4 Å². The molecule has 286 valence electrons. The van der Waals surface area contributed by atoms with E-state index < -0.39 is 93.9 Å². The van der Waals surface area contributed by atoms with Crippen LogP contribution in [-0.4, -0.2) is 118 Å². The average molecular weight is 774 g/mol. The number of β-lactam (4-membered cyclic amide) rings is 1. The van der Waals surface area contributed by atoms with E-state index in [1.54, 1.807) is 41.5 Å². The molecule has 0 aromatic carbocycles. The molecule has 0 radical (unpaired) electrons. The van der Waals surface area contributed by atoms with Crippen LogP contribution in [0.3, 0.4) is 0 Å². The van der Waals surface area contributed by atoms with Crippen LogP contribution in [0.25, 0.3) is 0 Å². The van der Waals surface area contributed by atoms with Crippen LogP contribution in [0.2, 0.25) is 0 Å². The van der Waals surface area contributed by atoms with Crippen molar-refractivity contribution >= 4 is 68.4 Å². The lowest BCUT2D eigenvalue weighted by Gasteiger charge is -2.43. The highest BCUT2D eigenvalue weighted by molar-refractivity contribution is 7.84. The molecule has 0 unspecified atom stereocenters. The Morgan fingerprint density at radius 2 is 1.73 bits per heavy atom. The number of oxime groups is 1. The Morgan fingerprint density at radius 3 is 2.25 bits per heavy atom. The molecule has 25 heteroatoms. The normalized spacial score (nSPS) is 16.8. The molecule has 2 aromatic heterocycles. The second-order valence-electron chi connectivity index (χ2n) is 13.5. The van der Waals surface area contributed by atoms with E-state index in [2.05, 4.69) is 31.1 Å². The number of nitrogens with zero attached hydrogens (tertiary/aromatic N) is 7. The van der Waals surface area contributed by atoms with Gasteiger partial charge in [0.25, 0.3) is 11.8 Å². The van der Waals surface area contributed by atoms with Gasteiger partial charge in [-0.05, 0) is 55.4 Å². The molecule has 7 N–H and O–H groups in total. The maximum atomic E-state index is 13.4. The lowest BCUT2D eigenvalue weighted by Crippen LogP contribution is -2.73. The fourth-order valence-electron chi connectivity index (χ4n) is 4.02. The minimum atomic E-state index is -5.16. The van der Waals surface area contributed by atoms with E-state index in [-0.39, 0.29) is 20.8 Å². The van der Waals surface area contributed by atoms with E-state index in [1.807, 2.05) is 0 Å². The summed E-state index contributed by atoms with van der Waals surface area (Å²) in [6.07, 6.45) is -0.885. The number of rotatable bonds is 11. The van der Waals surface area contributed by atoms with Gasteiger partial charge in [0.15, 0.2) is 10.8 Å². The van der Waals surface area contributed by atoms with Crippen molar-refractivity contribution < 1.29 is 56.4 Å². The van der Waals surface area contributed by atoms with Crippen LogP contribution in [0, 0.1) is 5.41 Å². The van der Waals surface area contributed by atoms with Gasteiger partial charge in [-0.3, -0.25) is 24.9 Å². The van der Waals surface area contributed by atoms with Crippen LogP contribution in [-0.2, 0) is 52.1 Å². The molecule has 23 nitrogen and oxygen atoms in total. The molecule has 1 fully saturated rings. The molecule has 0 bridgehead atoms. The lowest BCUT2D eigenvalue weighted by molar-refractivity contribution is -0.161. The Kier molecular flexibility index (Phi) is 11.9. The molecule has 4 amide bonds. The quantitative estimate of drug-likeness (QED) is 0.0588. The third-order valence-electron chi connectivity index (χ3n) is 6.35. The first-order valence-electron chi connectivity index (χ1n) is 15.0. The van der Waals surface area contributed by atoms with E-state index in [4.69, 9.17) is 25.5 Å². The number of nitrogens with two attached hydrogens (primary N) is 1. The van der Waals surface area contributed by atoms with Gasteiger partial charge in [0.1, 0.15) is 28.6 Å². The summed E-state index contributed by atoms with van der Waals surface area (Å²) in [6.45, 7) is 10.8. The Balaban J connectivity index is 1.87. The molecule has 2 atom stereocenters. The van der Waals surface area contributed by atoms with Crippen LogP contribution < -0.4 is 16.4 Å². The van der Waals surface area contributed by atoms with Crippen molar-refractivity contribution in [2.24, 2.45) is 5.16 Å². The van der Waals surface area contributed by atoms with Gasteiger partial charge in [-0.1, -0.05) is 10.4 Å². The van der Waals surface area contributed by atoms with Crippen LogP contribution in [0.4, 0.5) is 14.7 Å². The highest BCUT2D eigenvalue weighted by Gasteiger charge is 2.54. The minimum Gasteiger partial charge on any atom is -0.478 e. The predicted molar refractivity (Wildman–Crippen MR) is 179 cm³/mol. The third-order valence-corrected chi connectivity index (χ3v) is 7.97. The molecule has 2 aromatic rings. The summed E-state index contributed by atoms with van der Waals surface area (Å²) in [5.41, 5.74) is 1.06. The second kappa shape index (κ2) is 15.0. The number of hydrogen-bond acceptors (Lipinski definition) is 17. The van der Waals surface area contributed by atoms with E-state index >= 15 is 0 Å². The van der Waals surface area contributed by atoms with Gasteiger partial charge < -0.3 is 30.5 Å². The van der Waals surface area contributed by atoms with Crippen molar-refractivity contribution in [2.75, 3.05) is 5.73 Å². The number of carboxylic acids is 1. The number of hydrogen-bond donors (Lipinski definition) is 6. The van der Waals surface area contributed by atoms with E-state index in [0.717, 1.165) is 29.9 Å². The molecular weight excluding hydrogens is 734 g/mol. The topological polar surface area (TPSA) is 324 Å². The zero-order chi connectivity index (χ0) is 39.6. The van der Waals surface area contributed by atoms with Crippen LogP contribution >= 0.6 is 11.3 Å². The molecule has 1 saturated heterocycles. The summed E-state index contributed by atoms with van der Waals surface area (Å²) in [6, 6.07) is -3.13. The van der Waals surface area contributed by atoms with Crippen molar-refractivity contribution in [3.05, 3.63) is 23.0 Å². The standard InChI is InChI=1S/C27H39N11O12S2/c1-25(2,3)48-23(43)32-21(28)37(24(44)49-26(4,5)6)10-13-9-36(35-33-13)11-15-17(19(40)38(15)52(45,46)47)31-18(39)16(14-12-51-22(29)30-14)34-50-27(7,8)20(41)42/h9,12,15,17H,10-11H2,1-8H3,(H2,29,30)(H,31,39)(H,41,42)(H2,28,32,43)(H,45,46,47)/t15-,17-/m0/s1. The summed E-state index contributed by atoms with van der Waals surface area (Å²) >= 11 is 0.907. The van der Waals surface area contributed by atoms with Gasteiger partial charge in [0.2, 0.25) is 11.6 Å². The number of thiazole rings is 1. The molecule has 0 aliphatic carbocycles. The van der Waals surface area contributed by atoms with E-state index in [1.165, 1.54) is 11.6 Å². The first-order chi connectivity index (χ1) is 23.7. The van der Waals surface area contributed by atoms with Gasteiger partial charge in [-0.25, -0.2) is 33.3 Å². The summed E-state index contributed by atoms with van der Waals surface area (Å²) in [4.78, 5) is 72.8.